The van der Waals surface area contributed by atoms with Crippen molar-refractivity contribution < 1.29 is 9.53 Å². The van der Waals surface area contributed by atoms with E-state index in [1.54, 1.807) is 42.6 Å². The summed E-state index contributed by atoms with van der Waals surface area (Å²) in [7, 11) is 0. The monoisotopic (exact) mass is 475 g/mol. The van der Waals surface area contributed by atoms with Gasteiger partial charge in [0.25, 0.3) is 0 Å². The third-order valence-corrected chi connectivity index (χ3v) is 4.94. The number of halogens is 3. The van der Waals surface area contributed by atoms with E-state index < -0.39 is 0 Å². The molecule has 6 heteroatoms. The van der Waals surface area contributed by atoms with Gasteiger partial charge in [0.2, 0.25) is 0 Å². The number of ether oxygens (including phenoxy) is 1. The van der Waals surface area contributed by atoms with Gasteiger partial charge in [0.15, 0.2) is 5.78 Å². The van der Waals surface area contributed by atoms with Gasteiger partial charge < -0.3 is 10.1 Å². The second-order valence-corrected chi connectivity index (χ2v) is 7.66. The summed E-state index contributed by atoms with van der Waals surface area (Å²) in [5.74, 6) is 0.550. The quantitative estimate of drug-likeness (QED) is 0.290. The predicted molar refractivity (Wildman–Crippen MR) is 118 cm³/mol. The van der Waals surface area contributed by atoms with E-state index in [1.807, 2.05) is 30.3 Å². The number of benzene rings is 3. The van der Waals surface area contributed by atoms with Crippen LogP contribution in [0.3, 0.4) is 0 Å². The highest BCUT2D eigenvalue weighted by Gasteiger charge is 2.05. The van der Waals surface area contributed by atoms with Gasteiger partial charge in [0.05, 0.1) is 0 Å². The van der Waals surface area contributed by atoms with E-state index >= 15 is 0 Å². The van der Waals surface area contributed by atoms with Crippen LogP contribution in [0.5, 0.6) is 5.75 Å². The Labute approximate surface area is 182 Å². The first-order valence-corrected chi connectivity index (χ1v) is 9.96. The van der Waals surface area contributed by atoms with Crippen LogP contribution in [0, 0.1) is 0 Å². The number of nitrogens with one attached hydrogen (secondary N) is 1. The molecule has 0 aliphatic heterocycles. The molecule has 142 valence electrons. The van der Waals surface area contributed by atoms with Crippen LogP contribution in [0.15, 0.2) is 83.5 Å². The molecule has 1 N–H and O–H groups in total. The van der Waals surface area contributed by atoms with Crippen molar-refractivity contribution in [3.63, 3.8) is 0 Å². The molecule has 0 atom stereocenters. The van der Waals surface area contributed by atoms with Crippen molar-refractivity contribution in [1.29, 1.82) is 0 Å². The zero-order chi connectivity index (χ0) is 19.9. The van der Waals surface area contributed by atoms with Crippen LogP contribution >= 0.6 is 39.1 Å². The summed E-state index contributed by atoms with van der Waals surface area (Å²) in [5.41, 5.74) is 2.31. The van der Waals surface area contributed by atoms with E-state index in [4.69, 9.17) is 27.9 Å². The maximum Gasteiger partial charge on any atom is 0.187 e. The fourth-order valence-corrected chi connectivity index (χ4v) is 3.27. The van der Waals surface area contributed by atoms with Crippen LogP contribution < -0.4 is 10.1 Å². The molecule has 0 heterocycles. The van der Waals surface area contributed by atoms with Gasteiger partial charge in [-0.05, 0) is 54.6 Å². The average Bonchev–Trinajstić information content (AvgIpc) is 2.68. The molecule has 0 bridgehead atoms. The van der Waals surface area contributed by atoms with E-state index in [0.29, 0.717) is 28.0 Å². The molecule has 0 radical (unpaired) electrons. The van der Waals surface area contributed by atoms with Gasteiger partial charge in [-0.1, -0.05) is 51.3 Å². The fraction of sp³-hybridized carbons (Fsp3) is 0.0455. The molecule has 3 rings (SSSR count). The molecule has 0 saturated heterocycles. The fourth-order valence-electron chi connectivity index (χ4n) is 2.40. The van der Waals surface area contributed by atoms with Gasteiger partial charge in [-0.15, -0.1) is 0 Å². The summed E-state index contributed by atoms with van der Waals surface area (Å²) in [5, 5.41) is 4.21. The first-order valence-electron chi connectivity index (χ1n) is 8.41. The summed E-state index contributed by atoms with van der Waals surface area (Å²) in [6, 6.07) is 19.9. The number of anilines is 1. The van der Waals surface area contributed by atoms with E-state index in [0.717, 1.165) is 15.7 Å². The van der Waals surface area contributed by atoms with E-state index in [2.05, 4.69) is 21.2 Å². The highest BCUT2D eigenvalue weighted by atomic mass is 79.9. The van der Waals surface area contributed by atoms with Crippen LogP contribution in [0.25, 0.3) is 0 Å². The van der Waals surface area contributed by atoms with Crippen molar-refractivity contribution in [2.24, 2.45) is 0 Å². The van der Waals surface area contributed by atoms with Crippen molar-refractivity contribution in [2.45, 2.75) is 6.61 Å². The summed E-state index contributed by atoms with van der Waals surface area (Å²) >= 11 is 15.4. The Morgan fingerprint density at radius 3 is 2.54 bits per heavy atom. The molecular weight excluding hydrogens is 461 g/mol. The molecule has 0 unspecified atom stereocenters. The lowest BCUT2D eigenvalue weighted by atomic mass is 10.1. The first kappa shape index (κ1) is 20.5. The molecule has 0 fully saturated rings. The van der Waals surface area contributed by atoms with Crippen LogP contribution in [0.1, 0.15) is 15.9 Å². The van der Waals surface area contributed by atoms with Crippen LogP contribution in [-0.4, -0.2) is 5.78 Å². The maximum atomic E-state index is 12.3. The molecule has 0 amide bonds. The van der Waals surface area contributed by atoms with E-state index in [-0.39, 0.29) is 5.78 Å². The molecule has 0 aromatic heterocycles. The Bertz CT molecular complexity index is 1000. The summed E-state index contributed by atoms with van der Waals surface area (Å²) in [6.07, 6.45) is 3.11. The molecule has 0 saturated carbocycles. The third kappa shape index (κ3) is 5.86. The number of allylic oxidation sites excluding steroid dienone is 1. The van der Waals surface area contributed by atoms with E-state index in [1.165, 1.54) is 6.08 Å². The van der Waals surface area contributed by atoms with Gasteiger partial charge in [-0.3, -0.25) is 4.79 Å². The SMILES string of the molecule is O=C(/C=C/Nc1cccc(Br)c1)c1ccc(OCc2ccc(Cl)cc2Cl)cc1. The highest BCUT2D eigenvalue weighted by Crippen LogP contribution is 2.23. The Morgan fingerprint density at radius 2 is 1.82 bits per heavy atom. The van der Waals surface area contributed by atoms with E-state index in [9.17, 15) is 4.79 Å². The summed E-state index contributed by atoms with van der Waals surface area (Å²) < 4.78 is 6.69. The minimum atomic E-state index is -0.102. The van der Waals surface area contributed by atoms with Crippen LogP contribution in [0.2, 0.25) is 10.0 Å². The zero-order valence-electron chi connectivity index (χ0n) is 14.7. The summed E-state index contributed by atoms with van der Waals surface area (Å²) in [6.45, 7) is 0.319. The minimum absolute atomic E-state index is 0.102. The van der Waals surface area contributed by atoms with Gasteiger partial charge in [0, 0.05) is 43.6 Å². The van der Waals surface area contributed by atoms with Crippen molar-refractivity contribution in [2.75, 3.05) is 5.32 Å². The predicted octanol–water partition coefficient (Wildman–Crippen LogP) is 7.14. The third-order valence-electron chi connectivity index (χ3n) is 3.86. The topological polar surface area (TPSA) is 38.3 Å². The van der Waals surface area contributed by atoms with Crippen molar-refractivity contribution in [3.05, 3.63) is 105 Å². The standard InChI is InChI=1S/C22H16BrCl2NO2/c23-17-2-1-3-19(12-17)26-11-10-22(27)15-5-8-20(9-6-15)28-14-16-4-7-18(24)13-21(16)25/h1-13,26H,14H2/b11-10+. The lowest BCUT2D eigenvalue weighted by molar-refractivity contribution is 0.104. The minimum Gasteiger partial charge on any atom is -0.489 e. The first-order chi connectivity index (χ1) is 13.5. The number of hydrogen-bond acceptors (Lipinski definition) is 3. The molecular formula is C22H16BrCl2NO2. The Hall–Kier alpha value is -2.27. The van der Waals surface area contributed by atoms with Gasteiger partial charge >= 0.3 is 0 Å². The molecule has 0 aliphatic rings. The number of ketones is 1. The number of carbonyl (C=O) groups excluding carboxylic acids is 1. The second-order valence-electron chi connectivity index (χ2n) is 5.90. The lowest BCUT2D eigenvalue weighted by Gasteiger charge is -2.08. The Morgan fingerprint density at radius 1 is 1.04 bits per heavy atom. The zero-order valence-corrected chi connectivity index (χ0v) is 17.8. The van der Waals surface area contributed by atoms with Gasteiger partial charge in [-0.25, -0.2) is 0 Å². The largest absolute Gasteiger partial charge is 0.489 e. The van der Waals surface area contributed by atoms with Crippen LogP contribution in [-0.2, 0) is 6.61 Å². The molecule has 28 heavy (non-hydrogen) atoms. The molecule has 0 aliphatic carbocycles. The van der Waals surface area contributed by atoms with Crippen molar-refractivity contribution >= 4 is 50.6 Å². The average molecular weight is 477 g/mol. The lowest BCUT2D eigenvalue weighted by Crippen LogP contribution is -1.98. The van der Waals surface area contributed by atoms with Crippen molar-refractivity contribution in [1.82, 2.24) is 0 Å². The number of rotatable bonds is 7. The smallest absolute Gasteiger partial charge is 0.187 e. The maximum absolute atomic E-state index is 12.3. The van der Waals surface area contributed by atoms with Gasteiger partial charge in [0.1, 0.15) is 12.4 Å². The molecule has 0 spiro atoms. The molecule has 3 aromatic carbocycles. The van der Waals surface area contributed by atoms with Gasteiger partial charge in [-0.2, -0.15) is 0 Å². The summed E-state index contributed by atoms with van der Waals surface area (Å²) in [4.78, 5) is 12.3. The second kappa shape index (κ2) is 9.78. The highest BCUT2D eigenvalue weighted by molar-refractivity contribution is 9.10. The normalized spacial score (nSPS) is 10.8. The molecule has 3 aromatic rings. The molecule has 3 nitrogen and oxygen atoms in total. The Kier molecular flexibility index (Phi) is 7.15. The van der Waals surface area contributed by atoms with Crippen molar-refractivity contribution in [3.8, 4) is 5.75 Å². The Balaban J connectivity index is 1.55. The number of carbonyl (C=O) groups is 1. The number of hydrogen-bond donors (Lipinski definition) is 1. The van der Waals surface area contributed by atoms with Crippen LogP contribution in [0.4, 0.5) is 5.69 Å².